The quantitative estimate of drug-likeness (QED) is 0.804. The summed E-state index contributed by atoms with van der Waals surface area (Å²) in [7, 11) is 0. The Morgan fingerprint density at radius 1 is 0.731 bits per heavy atom. The number of amides is 2. The van der Waals surface area contributed by atoms with Gasteiger partial charge in [0.15, 0.2) is 0 Å². The molecule has 2 heterocycles. The van der Waals surface area contributed by atoms with Crippen molar-refractivity contribution in [2.45, 2.75) is 108 Å². The molecule has 0 bridgehead atoms. The van der Waals surface area contributed by atoms with Crippen LogP contribution in [0.1, 0.15) is 83.5 Å². The first-order chi connectivity index (χ1) is 12.8. The molecular formula is C22H37N3O. The monoisotopic (exact) mass is 359 g/mol. The Morgan fingerprint density at radius 2 is 1.46 bits per heavy atom. The van der Waals surface area contributed by atoms with E-state index in [1.165, 1.54) is 96.6 Å². The van der Waals surface area contributed by atoms with Gasteiger partial charge in [0, 0.05) is 25.2 Å². The van der Waals surface area contributed by atoms with Crippen LogP contribution in [0.2, 0.25) is 0 Å². The normalized spacial score (nSPS) is 42.2. The number of carbonyl (C=O) groups is 1. The van der Waals surface area contributed by atoms with E-state index in [0.717, 1.165) is 17.9 Å². The molecule has 5 atom stereocenters. The van der Waals surface area contributed by atoms with Crippen molar-refractivity contribution in [3.05, 3.63) is 0 Å². The maximum Gasteiger partial charge on any atom is 0.318 e. The summed E-state index contributed by atoms with van der Waals surface area (Å²) in [6.07, 6.45) is 17.7. The molecule has 0 aromatic rings. The molecule has 5 rings (SSSR count). The molecule has 3 saturated carbocycles. The highest BCUT2D eigenvalue weighted by Gasteiger charge is 2.45. The zero-order chi connectivity index (χ0) is 17.5. The Balaban J connectivity index is 1.17. The van der Waals surface area contributed by atoms with E-state index in [9.17, 15) is 4.79 Å². The van der Waals surface area contributed by atoms with E-state index in [4.69, 9.17) is 0 Å². The highest BCUT2D eigenvalue weighted by molar-refractivity contribution is 5.78. The van der Waals surface area contributed by atoms with Crippen LogP contribution in [0.25, 0.3) is 0 Å². The van der Waals surface area contributed by atoms with Crippen molar-refractivity contribution in [2.75, 3.05) is 13.1 Å². The van der Waals surface area contributed by atoms with E-state index >= 15 is 0 Å². The zero-order valence-electron chi connectivity index (χ0n) is 16.4. The lowest BCUT2D eigenvalue weighted by Crippen LogP contribution is -2.52. The molecule has 2 aliphatic heterocycles. The average molecular weight is 360 g/mol. The van der Waals surface area contributed by atoms with E-state index in [-0.39, 0.29) is 6.03 Å². The second-order valence-corrected chi connectivity index (χ2v) is 9.85. The highest BCUT2D eigenvalue weighted by atomic mass is 16.2. The fourth-order valence-corrected chi connectivity index (χ4v) is 7.14. The summed E-state index contributed by atoms with van der Waals surface area (Å²) in [5.41, 5.74) is 0. The van der Waals surface area contributed by atoms with Gasteiger partial charge in [-0.15, -0.1) is 0 Å². The maximum atomic E-state index is 12.6. The molecule has 5 fully saturated rings. The fourth-order valence-electron chi connectivity index (χ4n) is 7.14. The second-order valence-electron chi connectivity index (χ2n) is 9.85. The van der Waals surface area contributed by atoms with E-state index in [1.807, 2.05) is 0 Å². The molecule has 26 heavy (non-hydrogen) atoms. The van der Waals surface area contributed by atoms with Gasteiger partial charge in [0.25, 0.3) is 0 Å². The number of rotatable bonds is 2. The predicted octanol–water partition coefficient (Wildman–Crippen LogP) is 4.15. The lowest BCUT2D eigenvalue weighted by molar-refractivity contribution is 0.0384. The third-order valence-corrected chi connectivity index (χ3v) is 8.55. The highest BCUT2D eigenvalue weighted by Crippen LogP contribution is 2.42. The van der Waals surface area contributed by atoms with Gasteiger partial charge in [0.2, 0.25) is 0 Å². The molecule has 3 unspecified atom stereocenters. The van der Waals surface area contributed by atoms with Gasteiger partial charge in [-0.25, -0.2) is 4.79 Å². The van der Waals surface area contributed by atoms with Gasteiger partial charge >= 0.3 is 6.03 Å². The Labute approximate surface area is 159 Å². The van der Waals surface area contributed by atoms with Gasteiger partial charge in [0.1, 0.15) is 0 Å². The lowest BCUT2D eigenvalue weighted by Gasteiger charge is -2.47. The Kier molecular flexibility index (Phi) is 4.89. The number of nitrogens with zero attached hydrogens (tertiary/aromatic N) is 2. The number of piperidine rings is 1. The molecule has 4 nitrogen and oxygen atoms in total. The third kappa shape index (κ3) is 3.16. The van der Waals surface area contributed by atoms with Crippen LogP contribution in [-0.2, 0) is 0 Å². The van der Waals surface area contributed by atoms with Gasteiger partial charge in [-0.1, -0.05) is 38.5 Å². The molecule has 146 valence electrons. The minimum Gasteiger partial charge on any atom is -0.333 e. The van der Waals surface area contributed by atoms with Crippen molar-refractivity contribution in [3.63, 3.8) is 0 Å². The Morgan fingerprint density at radius 3 is 2.31 bits per heavy atom. The summed E-state index contributed by atoms with van der Waals surface area (Å²) in [5, 5.41) is 3.28. The summed E-state index contributed by atoms with van der Waals surface area (Å²) in [6.45, 7) is 2.43. The van der Waals surface area contributed by atoms with Crippen LogP contribution in [0.3, 0.4) is 0 Å². The summed E-state index contributed by atoms with van der Waals surface area (Å²) in [5.74, 6) is 2.07. The third-order valence-electron chi connectivity index (χ3n) is 8.55. The smallest absolute Gasteiger partial charge is 0.318 e. The van der Waals surface area contributed by atoms with Gasteiger partial charge in [-0.3, -0.25) is 0 Å². The van der Waals surface area contributed by atoms with Gasteiger partial charge < -0.3 is 15.1 Å². The number of carbonyl (C=O) groups excluding carboxylic acids is 1. The standard InChI is InChI=1S/C22H37N3O/c26-22-23-20-7-3-4-8-21(20)25(22)18-11-13-24(14-12-18)19-10-9-16-5-1-2-6-17(16)15-19/h16-21H,1-15H2,(H,23,26)/t16?,17?,19?,20-,21-/m1/s1. The number of urea groups is 1. The summed E-state index contributed by atoms with van der Waals surface area (Å²) in [4.78, 5) is 17.7. The van der Waals surface area contributed by atoms with Crippen LogP contribution in [0.5, 0.6) is 0 Å². The number of likely N-dealkylation sites (tertiary alicyclic amines) is 1. The fraction of sp³-hybridized carbons (Fsp3) is 0.955. The van der Waals surface area contributed by atoms with Gasteiger partial charge in [0.05, 0.1) is 12.1 Å². The molecule has 0 aromatic carbocycles. The summed E-state index contributed by atoms with van der Waals surface area (Å²) < 4.78 is 0. The molecule has 4 heteroatoms. The number of hydrogen-bond donors (Lipinski definition) is 1. The van der Waals surface area contributed by atoms with Crippen molar-refractivity contribution >= 4 is 6.03 Å². The Bertz CT molecular complexity index is 516. The van der Waals surface area contributed by atoms with E-state index < -0.39 is 0 Å². The molecule has 0 aromatic heterocycles. The Hall–Kier alpha value is -0.770. The molecular weight excluding hydrogens is 322 g/mol. The minimum absolute atomic E-state index is 0.239. The van der Waals surface area contributed by atoms with Crippen molar-refractivity contribution in [2.24, 2.45) is 11.8 Å². The van der Waals surface area contributed by atoms with E-state index in [1.54, 1.807) is 0 Å². The lowest BCUT2D eigenvalue weighted by atomic mass is 9.69. The van der Waals surface area contributed by atoms with Crippen LogP contribution in [0.4, 0.5) is 4.79 Å². The van der Waals surface area contributed by atoms with Crippen molar-refractivity contribution in [3.8, 4) is 0 Å². The van der Waals surface area contributed by atoms with E-state index in [0.29, 0.717) is 18.1 Å². The molecule has 2 saturated heterocycles. The molecule has 3 aliphatic carbocycles. The SMILES string of the molecule is O=C1N[C@@H]2CCCC[C@H]2N1C1CCN(C2CCC3CCCCC3C2)CC1. The van der Waals surface area contributed by atoms with Crippen LogP contribution >= 0.6 is 0 Å². The predicted molar refractivity (Wildman–Crippen MR) is 104 cm³/mol. The molecule has 2 amide bonds. The number of hydrogen-bond acceptors (Lipinski definition) is 2. The zero-order valence-corrected chi connectivity index (χ0v) is 16.4. The largest absolute Gasteiger partial charge is 0.333 e. The van der Waals surface area contributed by atoms with E-state index in [2.05, 4.69) is 15.1 Å². The first-order valence-electron chi connectivity index (χ1n) is 11.6. The van der Waals surface area contributed by atoms with Crippen LogP contribution in [0.15, 0.2) is 0 Å². The summed E-state index contributed by atoms with van der Waals surface area (Å²) >= 11 is 0. The first kappa shape index (κ1) is 17.3. The molecule has 1 N–H and O–H groups in total. The topological polar surface area (TPSA) is 35.6 Å². The van der Waals surface area contributed by atoms with Crippen LogP contribution in [-0.4, -0.2) is 53.1 Å². The molecule has 0 radical (unpaired) electrons. The average Bonchev–Trinajstić information content (AvgIpc) is 3.03. The van der Waals surface area contributed by atoms with Crippen molar-refractivity contribution in [1.29, 1.82) is 0 Å². The molecule has 0 spiro atoms. The minimum atomic E-state index is 0.239. The molecule has 5 aliphatic rings. The van der Waals surface area contributed by atoms with Crippen molar-refractivity contribution in [1.82, 2.24) is 15.1 Å². The van der Waals surface area contributed by atoms with Gasteiger partial charge in [-0.05, 0) is 56.8 Å². The van der Waals surface area contributed by atoms with Gasteiger partial charge in [-0.2, -0.15) is 0 Å². The number of nitrogens with one attached hydrogen (secondary N) is 1. The maximum absolute atomic E-state index is 12.6. The first-order valence-corrected chi connectivity index (χ1v) is 11.6. The van der Waals surface area contributed by atoms with Crippen molar-refractivity contribution < 1.29 is 4.79 Å². The second kappa shape index (κ2) is 7.33. The summed E-state index contributed by atoms with van der Waals surface area (Å²) in [6, 6.07) is 2.50. The number of fused-ring (bicyclic) bond motifs is 2. The van der Waals surface area contributed by atoms with Crippen LogP contribution in [0, 0.1) is 11.8 Å². The van der Waals surface area contributed by atoms with Crippen LogP contribution < -0.4 is 5.32 Å².